The lowest BCUT2D eigenvalue weighted by Crippen LogP contribution is -2.73. The van der Waals surface area contributed by atoms with Crippen LogP contribution in [0.15, 0.2) is 0 Å². The van der Waals surface area contributed by atoms with E-state index in [-0.39, 0.29) is 10.0 Å². The van der Waals surface area contributed by atoms with Gasteiger partial charge in [0.1, 0.15) is 13.1 Å². The number of amides is 1. The van der Waals surface area contributed by atoms with E-state index < -0.39 is 6.09 Å². The first-order valence-electron chi connectivity index (χ1n) is 5.34. The smallest absolute Gasteiger partial charge is 0.257 e. The largest absolute Gasteiger partial charge is 0.498 e. The molecule has 16 heavy (non-hydrogen) atoms. The summed E-state index contributed by atoms with van der Waals surface area (Å²) in [4.78, 5) is 13.2. The molecule has 1 saturated heterocycles. The van der Waals surface area contributed by atoms with Gasteiger partial charge in [-0.05, 0) is 33.0 Å². The van der Waals surface area contributed by atoms with Gasteiger partial charge in [0, 0.05) is 0 Å². The van der Waals surface area contributed by atoms with Gasteiger partial charge in [-0.2, -0.15) is 0 Å². The van der Waals surface area contributed by atoms with Gasteiger partial charge >= 0.3 is 0 Å². The quantitative estimate of drug-likeness (QED) is 0.460. The highest BCUT2D eigenvalue weighted by molar-refractivity contribution is 7.80. The highest BCUT2D eigenvalue weighted by atomic mass is 32.1. The number of rotatable bonds is 0. The number of carbonyl (C=O) groups is 1. The Hall–Kier alpha value is -0.880. The molecule has 1 fully saturated rings. The van der Waals surface area contributed by atoms with E-state index in [0.29, 0.717) is 31.3 Å². The van der Waals surface area contributed by atoms with Gasteiger partial charge in [0.2, 0.25) is 0 Å². The van der Waals surface area contributed by atoms with E-state index in [2.05, 4.69) is 0 Å². The molecule has 0 bridgehead atoms. The van der Waals surface area contributed by atoms with Crippen LogP contribution in [0.1, 0.15) is 20.8 Å². The van der Waals surface area contributed by atoms with E-state index in [1.807, 2.05) is 25.7 Å². The van der Waals surface area contributed by atoms with Crippen LogP contribution in [0.4, 0.5) is 4.79 Å². The van der Waals surface area contributed by atoms with E-state index in [0.717, 1.165) is 0 Å². The number of carbonyl (C=O) groups excluding carboxylic acids is 1. The van der Waals surface area contributed by atoms with Crippen molar-refractivity contribution in [2.45, 2.75) is 26.3 Å². The number of nitrogens with zero attached hydrogens (tertiary/aromatic N) is 2. The maximum atomic E-state index is 11.4. The normalized spacial score (nSPS) is 20.6. The Labute approximate surface area is 101 Å². The van der Waals surface area contributed by atoms with Gasteiger partial charge in [0.15, 0.2) is 5.11 Å². The number of hydrogen-bond acceptors (Lipinski definition) is 3. The minimum atomic E-state index is -1.02. The zero-order valence-corrected chi connectivity index (χ0v) is 10.8. The second-order valence-electron chi connectivity index (χ2n) is 5.18. The molecule has 1 heterocycles. The zero-order valence-electron chi connectivity index (χ0n) is 10.0. The molecule has 0 atom stereocenters. The fourth-order valence-electron chi connectivity index (χ4n) is 2.15. The third-order valence-electron chi connectivity index (χ3n) is 3.45. The Morgan fingerprint density at radius 2 is 1.81 bits per heavy atom. The van der Waals surface area contributed by atoms with Gasteiger partial charge in [-0.15, -0.1) is 0 Å². The van der Waals surface area contributed by atoms with Gasteiger partial charge < -0.3 is 20.5 Å². The molecule has 2 N–H and O–H groups in total. The summed E-state index contributed by atoms with van der Waals surface area (Å²) in [5, 5.41) is 11.7. The first-order valence-corrected chi connectivity index (χ1v) is 5.75. The maximum Gasteiger partial charge on any atom is 0.257 e. The Balaban J connectivity index is 2.87. The molecule has 0 spiro atoms. The Kier molecular flexibility index (Phi) is 3.44. The number of quaternary nitrogens is 1. The number of hydrogen-bond donors (Lipinski definition) is 1. The van der Waals surface area contributed by atoms with Gasteiger partial charge in [0.25, 0.3) is 6.09 Å². The number of thiocarbonyl (C=S) groups is 1. The molecule has 1 amide bonds. The molecule has 6 heteroatoms. The third-order valence-corrected chi connectivity index (χ3v) is 3.71. The van der Waals surface area contributed by atoms with Crippen LogP contribution >= 0.6 is 12.2 Å². The SMILES string of the molecule is CC(C)(C)[N+]1(C(=O)[O-])CCN(C(N)=S)CC1. The summed E-state index contributed by atoms with van der Waals surface area (Å²) in [5.41, 5.74) is 5.15. The molecule has 0 radical (unpaired) electrons. The van der Waals surface area contributed by atoms with E-state index in [4.69, 9.17) is 18.0 Å². The van der Waals surface area contributed by atoms with Gasteiger partial charge in [-0.25, -0.2) is 0 Å². The summed E-state index contributed by atoms with van der Waals surface area (Å²) in [6.07, 6.45) is -1.02. The van der Waals surface area contributed by atoms with Crippen molar-refractivity contribution in [1.29, 1.82) is 0 Å². The molecule has 1 rings (SSSR count). The van der Waals surface area contributed by atoms with E-state index in [9.17, 15) is 9.90 Å². The molecule has 0 aliphatic carbocycles. The minimum Gasteiger partial charge on any atom is -0.498 e. The minimum absolute atomic E-state index is 0.0356. The van der Waals surface area contributed by atoms with Crippen LogP contribution in [0.2, 0.25) is 0 Å². The highest BCUT2D eigenvalue weighted by Gasteiger charge is 2.45. The van der Waals surface area contributed by atoms with Crippen molar-refractivity contribution in [1.82, 2.24) is 4.90 Å². The molecule has 0 saturated carbocycles. The number of carboxylic acid groups (broad SMARTS) is 1. The van der Waals surface area contributed by atoms with Gasteiger partial charge in [0.05, 0.1) is 18.6 Å². The highest BCUT2D eigenvalue weighted by Crippen LogP contribution is 2.26. The Morgan fingerprint density at radius 1 is 1.38 bits per heavy atom. The molecule has 1 aliphatic rings. The van der Waals surface area contributed by atoms with Gasteiger partial charge in [-0.3, -0.25) is 4.48 Å². The van der Waals surface area contributed by atoms with Crippen molar-refractivity contribution in [3.8, 4) is 0 Å². The van der Waals surface area contributed by atoms with Crippen LogP contribution in [0, 0.1) is 0 Å². The van der Waals surface area contributed by atoms with Crippen LogP contribution in [0.5, 0.6) is 0 Å². The van der Waals surface area contributed by atoms with E-state index in [1.54, 1.807) is 0 Å². The van der Waals surface area contributed by atoms with Crippen LogP contribution in [0.25, 0.3) is 0 Å². The Morgan fingerprint density at radius 3 is 2.06 bits per heavy atom. The summed E-state index contributed by atoms with van der Waals surface area (Å²) in [6.45, 7) is 7.84. The van der Waals surface area contributed by atoms with Crippen molar-refractivity contribution in [2.75, 3.05) is 26.2 Å². The third kappa shape index (κ3) is 2.12. The van der Waals surface area contributed by atoms with Crippen LogP contribution in [-0.4, -0.2) is 52.3 Å². The van der Waals surface area contributed by atoms with Crippen LogP contribution < -0.4 is 10.8 Å². The second kappa shape index (κ2) is 4.18. The average molecular weight is 245 g/mol. The van der Waals surface area contributed by atoms with Crippen LogP contribution in [-0.2, 0) is 0 Å². The fraction of sp³-hybridized carbons (Fsp3) is 0.800. The topological polar surface area (TPSA) is 69.4 Å². The lowest BCUT2D eigenvalue weighted by Gasteiger charge is -2.52. The second-order valence-corrected chi connectivity index (χ2v) is 5.60. The number of piperazine rings is 1. The first kappa shape index (κ1) is 13.2. The summed E-state index contributed by atoms with van der Waals surface area (Å²) in [7, 11) is 0. The summed E-state index contributed by atoms with van der Waals surface area (Å²) >= 11 is 4.88. The van der Waals surface area contributed by atoms with Crippen molar-refractivity contribution in [3.63, 3.8) is 0 Å². The summed E-state index contributed by atoms with van der Waals surface area (Å²) in [6, 6.07) is 0. The van der Waals surface area contributed by atoms with Crippen molar-refractivity contribution in [3.05, 3.63) is 0 Å². The van der Waals surface area contributed by atoms with Gasteiger partial charge in [-0.1, -0.05) is 0 Å². The molecule has 0 aromatic heterocycles. The van der Waals surface area contributed by atoms with Crippen molar-refractivity contribution >= 4 is 23.4 Å². The lowest BCUT2D eigenvalue weighted by molar-refractivity contribution is -0.922. The predicted octanol–water partition coefficient (Wildman–Crippen LogP) is -0.496. The summed E-state index contributed by atoms with van der Waals surface area (Å²) in [5.74, 6) is 0. The number of nitrogens with two attached hydrogens (primary N) is 1. The molecule has 5 nitrogen and oxygen atoms in total. The molecule has 0 unspecified atom stereocenters. The average Bonchev–Trinajstić information content (AvgIpc) is 2.15. The summed E-state index contributed by atoms with van der Waals surface area (Å²) < 4.78 is -0.0356. The molecule has 0 aromatic rings. The monoisotopic (exact) mass is 245 g/mol. The van der Waals surface area contributed by atoms with Crippen molar-refractivity contribution < 1.29 is 14.4 Å². The van der Waals surface area contributed by atoms with Crippen LogP contribution in [0.3, 0.4) is 0 Å². The molecular formula is C10H19N3O2S. The lowest BCUT2D eigenvalue weighted by atomic mass is 10.0. The predicted molar refractivity (Wildman–Crippen MR) is 63.5 cm³/mol. The maximum absolute atomic E-state index is 11.4. The van der Waals surface area contributed by atoms with E-state index >= 15 is 0 Å². The standard InChI is InChI=1S/C10H19N3O2S/c1-10(2,3)13(9(14)15)6-4-12(5-7-13)8(11)16/h4-7H2,1-3H3,(H2-,11,14,15,16). The fourth-order valence-corrected chi connectivity index (χ4v) is 2.34. The molecule has 1 aliphatic heterocycles. The molecule has 0 aromatic carbocycles. The van der Waals surface area contributed by atoms with E-state index in [1.165, 1.54) is 0 Å². The molecule has 92 valence electrons. The first-order chi connectivity index (χ1) is 7.21. The zero-order chi connectivity index (χ0) is 12.6. The Bertz CT molecular complexity index is 304. The molecular weight excluding hydrogens is 226 g/mol. The van der Waals surface area contributed by atoms with Crippen molar-refractivity contribution in [2.24, 2.45) is 5.73 Å².